The zero-order valence-corrected chi connectivity index (χ0v) is 14.7. The minimum absolute atomic E-state index is 0.0343. The Kier molecular flexibility index (Phi) is 5.28. The van der Waals surface area contributed by atoms with Crippen LogP contribution in [0.5, 0.6) is 0 Å². The van der Waals surface area contributed by atoms with Crippen LogP contribution in [0, 0.1) is 0 Å². The van der Waals surface area contributed by atoms with Crippen LogP contribution in [0.15, 0.2) is 42.6 Å². The molecule has 0 radical (unpaired) electrons. The van der Waals surface area contributed by atoms with Gasteiger partial charge in [0.05, 0.1) is 17.7 Å². The van der Waals surface area contributed by atoms with Gasteiger partial charge >= 0.3 is 0 Å². The van der Waals surface area contributed by atoms with Crippen LogP contribution >= 0.6 is 0 Å². The van der Waals surface area contributed by atoms with Crippen molar-refractivity contribution in [2.75, 3.05) is 32.2 Å². The smallest absolute Gasteiger partial charge is 0.231 e. The maximum atomic E-state index is 13.1. The average Bonchev–Trinajstić information content (AvgIpc) is 2.67. The predicted octanol–water partition coefficient (Wildman–Crippen LogP) is 1.91. The summed E-state index contributed by atoms with van der Waals surface area (Å²) in [6.07, 6.45) is 3.09. The first kappa shape index (κ1) is 17.4. The van der Waals surface area contributed by atoms with Gasteiger partial charge in [-0.15, -0.1) is 0 Å². The molecule has 1 aliphatic heterocycles. The predicted molar refractivity (Wildman–Crippen MR) is 96.4 cm³/mol. The minimum Gasteiger partial charge on any atom is -0.381 e. The lowest BCUT2D eigenvalue weighted by molar-refractivity contribution is -0.130. The van der Waals surface area contributed by atoms with Gasteiger partial charge in [0.25, 0.3) is 0 Å². The fraction of sp³-hybridized carbons (Fsp3) is 0.421. The number of carbonyl (C=O) groups is 1. The molecule has 1 N–H and O–H groups in total. The summed E-state index contributed by atoms with van der Waals surface area (Å²) in [5, 5.41) is 3.07. The summed E-state index contributed by atoms with van der Waals surface area (Å²) >= 11 is 0. The molecule has 2 aromatic rings. The van der Waals surface area contributed by atoms with E-state index < -0.39 is 5.41 Å². The Morgan fingerprint density at radius 2 is 1.92 bits per heavy atom. The summed E-state index contributed by atoms with van der Waals surface area (Å²) in [5.41, 5.74) is 1.31. The Morgan fingerprint density at radius 3 is 2.60 bits per heavy atom. The van der Waals surface area contributed by atoms with E-state index in [1.807, 2.05) is 55.4 Å². The molecular weight excluding hydrogens is 316 g/mol. The van der Waals surface area contributed by atoms with Crippen molar-refractivity contribution in [3.05, 3.63) is 53.9 Å². The second-order valence-corrected chi connectivity index (χ2v) is 6.49. The van der Waals surface area contributed by atoms with Crippen molar-refractivity contribution in [3.8, 4) is 0 Å². The van der Waals surface area contributed by atoms with E-state index in [9.17, 15) is 4.79 Å². The van der Waals surface area contributed by atoms with E-state index in [0.29, 0.717) is 38.5 Å². The summed E-state index contributed by atoms with van der Waals surface area (Å²) in [6, 6.07) is 11.8. The Morgan fingerprint density at radius 1 is 1.20 bits per heavy atom. The summed E-state index contributed by atoms with van der Waals surface area (Å²) in [6.45, 7) is 1.58. The normalized spacial score (nSPS) is 16.2. The lowest BCUT2D eigenvalue weighted by Gasteiger charge is -2.36. The third-order valence-corrected chi connectivity index (χ3v) is 4.64. The van der Waals surface area contributed by atoms with Crippen molar-refractivity contribution in [2.24, 2.45) is 0 Å². The molecule has 6 nitrogen and oxygen atoms in total. The molecule has 6 heteroatoms. The van der Waals surface area contributed by atoms with Gasteiger partial charge in [-0.3, -0.25) is 4.79 Å². The van der Waals surface area contributed by atoms with E-state index >= 15 is 0 Å². The Labute approximate surface area is 148 Å². The first-order valence-electron chi connectivity index (χ1n) is 8.53. The highest BCUT2D eigenvalue weighted by molar-refractivity contribution is 5.88. The molecular formula is C19H24N4O2. The molecule has 1 aliphatic rings. The number of nitrogens with one attached hydrogen (secondary N) is 1. The lowest BCUT2D eigenvalue weighted by atomic mass is 9.73. The van der Waals surface area contributed by atoms with Gasteiger partial charge in [-0.2, -0.15) is 0 Å². The topological polar surface area (TPSA) is 67.4 Å². The third kappa shape index (κ3) is 3.79. The van der Waals surface area contributed by atoms with E-state index in [0.717, 1.165) is 11.3 Å². The quantitative estimate of drug-likeness (QED) is 0.900. The molecule has 132 valence electrons. The van der Waals surface area contributed by atoms with Gasteiger partial charge in [-0.25, -0.2) is 9.97 Å². The zero-order chi connectivity index (χ0) is 17.7. The fourth-order valence-corrected chi connectivity index (χ4v) is 3.16. The molecule has 1 aromatic carbocycles. The molecule has 0 unspecified atom stereocenters. The summed E-state index contributed by atoms with van der Waals surface area (Å²) in [5.74, 6) is 0.669. The molecule has 1 saturated heterocycles. The number of anilines is 1. The van der Waals surface area contributed by atoms with Crippen molar-refractivity contribution in [2.45, 2.75) is 24.8 Å². The molecule has 25 heavy (non-hydrogen) atoms. The van der Waals surface area contributed by atoms with Crippen molar-refractivity contribution < 1.29 is 9.53 Å². The summed E-state index contributed by atoms with van der Waals surface area (Å²) < 4.78 is 5.50. The molecule has 3 rings (SSSR count). The van der Waals surface area contributed by atoms with E-state index in [1.165, 1.54) is 0 Å². The van der Waals surface area contributed by atoms with Crippen molar-refractivity contribution in [1.82, 2.24) is 15.3 Å². The number of amides is 1. The molecule has 1 aromatic heterocycles. The van der Waals surface area contributed by atoms with Crippen LogP contribution in [-0.4, -0.2) is 43.2 Å². The third-order valence-electron chi connectivity index (χ3n) is 4.64. The van der Waals surface area contributed by atoms with Crippen LogP contribution in [0.2, 0.25) is 0 Å². The van der Waals surface area contributed by atoms with Crippen LogP contribution in [0.3, 0.4) is 0 Å². The highest BCUT2D eigenvalue weighted by Crippen LogP contribution is 2.35. The van der Waals surface area contributed by atoms with Crippen LogP contribution in [0.4, 0.5) is 5.95 Å². The molecule has 0 saturated carbocycles. The van der Waals surface area contributed by atoms with Gasteiger partial charge < -0.3 is 15.0 Å². The number of aromatic nitrogens is 2. The number of nitrogens with zero attached hydrogens (tertiary/aromatic N) is 3. The molecule has 0 atom stereocenters. The van der Waals surface area contributed by atoms with Gasteiger partial charge in [0, 0.05) is 33.5 Å². The minimum atomic E-state index is -0.531. The van der Waals surface area contributed by atoms with Crippen molar-refractivity contribution >= 4 is 11.9 Å². The Balaban J connectivity index is 1.76. The van der Waals surface area contributed by atoms with E-state index in [2.05, 4.69) is 15.3 Å². The number of carbonyl (C=O) groups excluding carboxylic acids is 1. The number of rotatable bonds is 5. The maximum Gasteiger partial charge on any atom is 0.231 e. The number of benzene rings is 1. The van der Waals surface area contributed by atoms with Gasteiger partial charge in [-0.05, 0) is 24.5 Å². The zero-order valence-electron chi connectivity index (χ0n) is 14.7. The summed E-state index contributed by atoms with van der Waals surface area (Å²) in [4.78, 5) is 23.6. The molecule has 0 aliphatic carbocycles. The van der Waals surface area contributed by atoms with E-state index in [1.54, 1.807) is 6.20 Å². The highest BCUT2D eigenvalue weighted by Gasteiger charge is 2.41. The lowest BCUT2D eigenvalue weighted by Crippen LogP contribution is -2.47. The van der Waals surface area contributed by atoms with Crippen LogP contribution in [0.25, 0.3) is 0 Å². The van der Waals surface area contributed by atoms with E-state index in [-0.39, 0.29) is 5.91 Å². The monoisotopic (exact) mass is 340 g/mol. The highest BCUT2D eigenvalue weighted by atomic mass is 16.5. The standard InChI is InChI=1S/C19H24N4O2/c1-23(2)18-20-11-8-16(22-18)14-21-17(24)19(9-12-25-13-10-19)15-6-4-3-5-7-15/h3-8,11H,9-10,12-14H2,1-2H3,(H,21,24). The van der Waals surface area contributed by atoms with Gasteiger partial charge in [0.2, 0.25) is 11.9 Å². The van der Waals surface area contributed by atoms with Crippen molar-refractivity contribution in [1.29, 1.82) is 0 Å². The first-order valence-corrected chi connectivity index (χ1v) is 8.53. The second-order valence-electron chi connectivity index (χ2n) is 6.49. The van der Waals surface area contributed by atoms with Gasteiger partial charge in [-0.1, -0.05) is 30.3 Å². The number of hydrogen-bond donors (Lipinski definition) is 1. The van der Waals surface area contributed by atoms with Crippen LogP contribution in [0.1, 0.15) is 24.1 Å². The molecule has 0 spiro atoms. The van der Waals surface area contributed by atoms with E-state index in [4.69, 9.17) is 4.74 Å². The molecule has 1 amide bonds. The molecule has 2 heterocycles. The Bertz CT molecular complexity index is 712. The number of hydrogen-bond acceptors (Lipinski definition) is 5. The van der Waals surface area contributed by atoms with Crippen LogP contribution in [-0.2, 0) is 21.5 Å². The van der Waals surface area contributed by atoms with Crippen molar-refractivity contribution in [3.63, 3.8) is 0 Å². The summed E-state index contributed by atoms with van der Waals surface area (Å²) in [7, 11) is 3.79. The molecule has 1 fully saturated rings. The largest absolute Gasteiger partial charge is 0.381 e. The Hall–Kier alpha value is -2.47. The maximum absolute atomic E-state index is 13.1. The fourth-order valence-electron chi connectivity index (χ4n) is 3.16. The second kappa shape index (κ2) is 7.61. The average molecular weight is 340 g/mol. The first-order chi connectivity index (χ1) is 12.1. The SMILES string of the molecule is CN(C)c1nccc(CNC(=O)C2(c3ccccc3)CCOCC2)n1. The van der Waals surface area contributed by atoms with Gasteiger partial charge in [0.15, 0.2) is 0 Å². The molecule has 0 bridgehead atoms. The van der Waals surface area contributed by atoms with Crippen LogP contribution < -0.4 is 10.2 Å². The number of ether oxygens (including phenoxy) is 1. The van der Waals surface area contributed by atoms with Gasteiger partial charge in [0.1, 0.15) is 0 Å².